The lowest BCUT2D eigenvalue weighted by atomic mass is 10.2. The van der Waals surface area contributed by atoms with Crippen molar-refractivity contribution in [2.75, 3.05) is 0 Å². The summed E-state index contributed by atoms with van der Waals surface area (Å²) in [4.78, 5) is 7.08. The molecule has 0 saturated heterocycles. The normalized spacial score (nSPS) is 11.5. The van der Waals surface area contributed by atoms with Crippen LogP contribution in [0, 0.1) is 7.14 Å². The summed E-state index contributed by atoms with van der Waals surface area (Å²) in [6.07, 6.45) is 0. The fourth-order valence-corrected chi connectivity index (χ4v) is 4.31. The maximum Gasteiger partial charge on any atom is 0.0777 e. The molecule has 2 N–H and O–H groups in total. The lowest BCUT2D eigenvalue weighted by Gasteiger charge is -1.97. The molecule has 0 amide bonds. The van der Waals surface area contributed by atoms with Crippen LogP contribution >= 0.6 is 45.2 Å². The van der Waals surface area contributed by atoms with Crippen molar-refractivity contribution < 1.29 is 0 Å². The molecule has 0 aliphatic heterocycles. The summed E-state index contributed by atoms with van der Waals surface area (Å²) in [6, 6.07) is 16.9. The molecule has 4 aromatic rings. The van der Waals surface area contributed by atoms with Gasteiger partial charge in [0.2, 0.25) is 0 Å². The van der Waals surface area contributed by atoms with E-state index in [0.29, 0.717) is 0 Å². The molecule has 2 nitrogen and oxygen atoms in total. The molecule has 0 saturated carbocycles. The van der Waals surface area contributed by atoms with Crippen LogP contribution in [0.15, 0.2) is 48.5 Å². The van der Waals surface area contributed by atoms with Crippen molar-refractivity contribution >= 4 is 67.0 Å². The van der Waals surface area contributed by atoms with Gasteiger partial charge in [-0.3, -0.25) is 0 Å². The van der Waals surface area contributed by atoms with E-state index < -0.39 is 0 Å². The maximum atomic E-state index is 3.54. The van der Waals surface area contributed by atoms with Crippen LogP contribution in [-0.4, -0.2) is 9.97 Å². The Morgan fingerprint density at radius 2 is 1.00 bits per heavy atom. The van der Waals surface area contributed by atoms with E-state index in [9.17, 15) is 0 Å². The molecule has 0 fully saturated rings. The summed E-state index contributed by atoms with van der Waals surface area (Å²) in [5, 5.41) is 2.55. The van der Waals surface area contributed by atoms with E-state index in [1.165, 1.54) is 40.3 Å². The lowest BCUT2D eigenvalue weighted by Crippen LogP contribution is -1.82. The number of rotatable bonds is 1. The fraction of sp³-hybridized carbons (Fsp3) is 0. The summed E-state index contributed by atoms with van der Waals surface area (Å²) < 4.78 is 2.53. The van der Waals surface area contributed by atoms with Gasteiger partial charge in [-0.15, -0.1) is 0 Å². The van der Waals surface area contributed by atoms with Gasteiger partial charge >= 0.3 is 0 Å². The third-order valence-electron chi connectivity index (χ3n) is 3.54. The minimum atomic E-state index is 1.17. The summed E-state index contributed by atoms with van der Waals surface area (Å²) in [7, 11) is 0. The van der Waals surface area contributed by atoms with Gasteiger partial charge in [0.1, 0.15) is 0 Å². The van der Waals surface area contributed by atoms with E-state index in [2.05, 4.69) is 104 Å². The van der Waals surface area contributed by atoms with Gasteiger partial charge in [0.25, 0.3) is 0 Å². The van der Waals surface area contributed by atoms with Gasteiger partial charge in [0.05, 0.1) is 11.4 Å². The van der Waals surface area contributed by atoms with Crippen molar-refractivity contribution in [3.8, 4) is 11.4 Å². The Hall–Kier alpha value is -1.02. The molecule has 2 heterocycles. The second-order valence-corrected chi connectivity index (χ2v) is 6.88. The number of para-hydroxylation sites is 2. The van der Waals surface area contributed by atoms with Crippen LogP contribution < -0.4 is 0 Å². The summed E-state index contributed by atoms with van der Waals surface area (Å²) >= 11 is 4.85. The van der Waals surface area contributed by atoms with Crippen LogP contribution in [0.2, 0.25) is 0 Å². The smallest absolute Gasteiger partial charge is 0.0777 e. The van der Waals surface area contributed by atoms with E-state index in [1.807, 2.05) is 0 Å². The Balaban J connectivity index is 2.06. The molecule has 4 rings (SSSR count). The number of hydrogen-bond donors (Lipinski definition) is 2. The Labute approximate surface area is 143 Å². The molecule has 4 heteroatoms. The largest absolute Gasteiger partial charge is 0.352 e. The second kappa shape index (κ2) is 4.77. The van der Waals surface area contributed by atoms with Crippen molar-refractivity contribution in [1.29, 1.82) is 0 Å². The monoisotopic (exact) mass is 484 g/mol. The van der Waals surface area contributed by atoms with E-state index in [4.69, 9.17) is 0 Å². The summed E-state index contributed by atoms with van der Waals surface area (Å²) in [6.45, 7) is 0. The topological polar surface area (TPSA) is 31.6 Å². The zero-order chi connectivity index (χ0) is 13.7. The number of hydrogen-bond acceptors (Lipinski definition) is 0. The van der Waals surface area contributed by atoms with Crippen LogP contribution in [0.5, 0.6) is 0 Å². The van der Waals surface area contributed by atoms with Gasteiger partial charge in [0, 0.05) is 28.9 Å². The van der Waals surface area contributed by atoms with E-state index in [0.717, 1.165) is 0 Å². The molecule has 0 aliphatic rings. The van der Waals surface area contributed by atoms with Gasteiger partial charge in [-0.2, -0.15) is 0 Å². The highest BCUT2D eigenvalue weighted by Gasteiger charge is 2.16. The van der Waals surface area contributed by atoms with Crippen molar-refractivity contribution in [3.05, 3.63) is 55.7 Å². The first-order valence-corrected chi connectivity index (χ1v) is 8.44. The number of H-pyrrole nitrogens is 2. The van der Waals surface area contributed by atoms with Crippen molar-refractivity contribution in [2.24, 2.45) is 0 Å². The van der Waals surface area contributed by atoms with Crippen molar-refractivity contribution in [2.45, 2.75) is 0 Å². The zero-order valence-electron chi connectivity index (χ0n) is 10.4. The molecule has 98 valence electrons. The van der Waals surface area contributed by atoms with Crippen LogP contribution in [-0.2, 0) is 0 Å². The Kier molecular flexibility index (Phi) is 3.03. The van der Waals surface area contributed by atoms with Crippen LogP contribution in [0.4, 0.5) is 0 Å². The maximum absolute atomic E-state index is 3.54. The highest BCUT2D eigenvalue weighted by molar-refractivity contribution is 14.1. The first kappa shape index (κ1) is 12.7. The number of aromatic amines is 2. The van der Waals surface area contributed by atoms with E-state index in [-0.39, 0.29) is 0 Å². The molecule has 0 radical (unpaired) electrons. The van der Waals surface area contributed by atoms with E-state index >= 15 is 0 Å². The predicted octanol–water partition coefficient (Wildman–Crippen LogP) is 5.53. The van der Waals surface area contributed by atoms with Gasteiger partial charge < -0.3 is 9.97 Å². The minimum Gasteiger partial charge on any atom is -0.352 e. The third-order valence-corrected chi connectivity index (χ3v) is 5.78. The molecule has 2 aromatic carbocycles. The zero-order valence-corrected chi connectivity index (χ0v) is 14.7. The lowest BCUT2D eigenvalue weighted by molar-refractivity contribution is 1.36. The summed E-state index contributed by atoms with van der Waals surface area (Å²) in [5.41, 5.74) is 4.71. The SMILES string of the molecule is Ic1c(-c2[nH]c3ccccc3c2I)[nH]c2ccccc12. The number of aromatic nitrogens is 2. The average molecular weight is 484 g/mol. The standard InChI is InChI=1S/C16H10I2N2/c17-13-9-5-1-3-7-11(9)19-15(13)16-14(18)10-6-2-4-8-12(10)20-16/h1-8,19-20H. The average Bonchev–Trinajstić information content (AvgIpc) is 2.98. The Bertz CT molecular complexity index is 856. The molecule has 0 aliphatic carbocycles. The molecular weight excluding hydrogens is 474 g/mol. The molecule has 0 atom stereocenters. The first-order chi connectivity index (χ1) is 9.75. The molecule has 2 aromatic heterocycles. The van der Waals surface area contributed by atoms with Gasteiger partial charge in [0.15, 0.2) is 0 Å². The summed E-state index contributed by atoms with van der Waals surface area (Å²) in [5.74, 6) is 0. The molecule has 20 heavy (non-hydrogen) atoms. The van der Waals surface area contributed by atoms with Crippen molar-refractivity contribution in [3.63, 3.8) is 0 Å². The van der Waals surface area contributed by atoms with Crippen LogP contribution in [0.1, 0.15) is 0 Å². The molecule has 0 bridgehead atoms. The fourth-order valence-electron chi connectivity index (χ4n) is 2.56. The van der Waals surface area contributed by atoms with Crippen LogP contribution in [0.3, 0.4) is 0 Å². The Morgan fingerprint density at radius 3 is 1.40 bits per heavy atom. The Morgan fingerprint density at radius 1 is 0.600 bits per heavy atom. The number of fused-ring (bicyclic) bond motifs is 2. The third kappa shape index (κ3) is 1.81. The quantitative estimate of drug-likeness (QED) is 0.334. The second-order valence-electron chi connectivity index (χ2n) is 4.72. The number of nitrogens with one attached hydrogen (secondary N) is 2. The van der Waals surface area contributed by atoms with Crippen LogP contribution in [0.25, 0.3) is 33.2 Å². The predicted molar refractivity (Wildman–Crippen MR) is 101 cm³/mol. The highest BCUT2D eigenvalue weighted by atomic mass is 127. The van der Waals surface area contributed by atoms with Gasteiger partial charge in [-0.05, 0) is 57.3 Å². The molecule has 0 spiro atoms. The number of halogens is 2. The highest BCUT2D eigenvalue weighted by Crippen LogP contribution is 2.36. The van der Waals surface area contributed by atoms with Crippen molar-refractivity contribution in [1.82, 2.24) is 9.97 Å². The minimum absolute atomic E-state index is 1.17. The number of benzene rings is 2. The molecular formula is C16H10I2N2. The van der Waals surface area contributed by atoms with Gasteiger partial charge in [-0.1, -0.05) is 36.4 Å². The first-order valence-electron chi connectivity index (χ1n) is 6.28. The van der Waals surface area contributed by atoms with E-state index in [1.54, 1.807) is 0 Å². The molecule has 0 unspecified atom stereocenters. The van der Waals surface area contributed by atoms with Gasteiger partial charge in [-0.25, -0.2) is 0 Å².